The molecule has 0 fully saturated rings. The Kier molecular flexibility index (Phi) is 4.81. The molecule has 3 aromatic rings. The molecule has 1 heterocycles. The minimum absolute atomic E-state index is 0.120. The second kappa shape index (κ2) is 7.19. The van der Waals surface area contributed by atoms with Gasteiger partial charge in [-0.25, -0.2) is 4.68 Å². The van der Waals surface area contributed by atoms with E-state index in [9.17, 15) is 9.59 Å². The molecule has 2 aromatic carbocycles. The highest BCUT2D eigenvalue weighted by molar-refractivity contribution is 6.32. The first-order valence-corrected chi connectivity index (χ1v) is 7.79. The minimum atomic E-state index is -0.453. The van der Waals surface area contributed by atoms with Gasteiger partial charge in [0.1, 0.15) is 11.4 Å². The van der Waals surface area contributed by atoms with Crippen LogP contribution in [-0.2, 0) is 7.05 Å². The number of carbonyl (C=O) groups excluding carboxylic acids is 1. The van der Waals surface area contributed by atoms with Gasteiger partial charge in [0.2, 0.25) is 0 Å². The van der Waals surface area contributed by atoms with Crippen molar-refractivity contribution in [1.29, 1.82) is 0 Å². The van der Waals surface area contributed by atoms with Crippen LogP contribution in [0.5, 0.6) is 11.5 Å². The van der Waals surface area contributed by atoms with Crippen molar-refractivity contribution < 1.29 is 9.53 Å². The standard InChI is InChI=1S/C18H14ClN3O3/c1-22-17(23)11-10-14(21-22)18(24)20-13-7-3-5-9-16(13)25-15-8-4-2-6-12(15)19/h2-11H,1H3,(H,20,24). The number of nitrogens with zero attached hydrogens (tertiary/aromatic N) is 2. The Morgan fingerprint density at radius 3 is 2.44 bits per heavy atom. The zero-order valence-corrected chi connectivity index (χ0v) is 14.0. The SMILES string of the molecule is Cn1nc(C(=O)Nc2ccccc2Oc2ccccc2Cl)ccc1=O. The maximum absolute atomic E-state index is 12.4. The van der Waals surface area contributed by atoms with E-state index in [0.29, 0.717) is 22.2 Å². The Labute approximate surface area is 148 Å². The van der Waals surface area contributed by atoms with Gasteiger partial charge in [-0.15, -0.1) is 0 Å². The molecule has 1 N–H and O–H groups in total. The Morgan fingerprint density at radius 2 is 1.72 bits per heavy atom. The molecule has 1 amide bonds. The number of ether oxygens (including phenoxy) is 1. The molecule has 0 aliphatic heterocycles. The fraction of sp³-hybridized carbons (Fsp3) is 0.0556. The average molecular weight is 356 g/mol. The van der Waals surface area contributed by atoms with E-state index in [2.05, 4.69) is 10.4 Å². The highest BCUT2D eigenvalue weighted by atomic mass is 35.5. The number of rotatable bonds is 4. The number of para-hydroxylation sites is 3. The van der Waals surface area contributed by atoms with Crippen LogP contribution in [0.3, 0.4) is 0 Å². The van der Waals surface area contributed by atoms with Gasteiger partial charge in [-0.1, -0.05) is 35.9 Å². The van der Waals surface area contributed by atoms with Gasteiger partial charge < -0.3 is 10.1 Å². The number of benzene rings is 2. The molecule has 1 aromatic heterocycles. The van der Waals surface area contributed by atoms with E-state index in [1.807, 2.05) is 0 Å². The quantitative estimate of drug-likeness (QED) is 0.777. The topological polar surface area (TPSA) is 73.2 Å². The predicted molar refractivity (Wildman–Crippen MR) is 95.4 cm³/mol. The summed E-state index contributed by atoms with van der Waals surface area (Å²) in [4.78, 5) is 23.8. The van der Waals surface area contributed by atoms with E-state index in [0.717, 1.165) is 4.68 Å². The van der Waals surface area contributed by atoms with Crippen molar-refractivity contribution in [1.82, 2.24) is 9.78 Å². The lowest BCUT2D eigenvalue weighted by molar-refractivity contribution is 0.101. The molecule has 0 radical (unpaired) electrons. The highest BCUT2D eigenvalue weighted by Crippen LogP contribution is 2.33. The van der Waals surface area contributed by atoms with Crippen molar-refractivity contribution in [2.75, 3.05) is 5.32 Å². The molecule has 0 saturated carbocycles. The number of anilines is 1. The molecule has 0 aliphatic rings. The minimum Gasteiger partial charge on any atom is -0.454 e. The summed E-state index contributed by atoms with van der Waals surface area (Å²) in [5.41, 5.74) is 0.289. The zero-order valence-electron chi connectivity index (χ0n) is 13.3. The Morgan fingerprint density at radius 1 is 1.04 bits per heavy atom. The van der Waals surface area contributed by atoms with E-state index in [4.69, 9.17) is 16.3 Å². The lowest BCUT2D eigenvalue weighted by atomic mass is 10.2. The van der Waals surface area contributed by atoms with Crippen LogP contribution in [0.15, 0.2) is 65.5 Å². The van der Waals surface area contributed by atoms with Crippen LogP contribution in [0.25, 0.3) is 0 Å². The van der Waals surface area contributed by atoms with Crippen molar-refractivity contribution in [2.45, 2.75) is 0 Å². The van der Waals surface area contributed by atoms with Gasteiger partial charge in [0.25, 0.3) is 11.5 Å². The molecule has 3 rings (SSSR count). The van der Waals surface area contributed by atoms with E-state index in [-0.39, 0.29) is 11.3 Å². The Hall–Kier alpha value is -3.12. The summed E-state index contributed by atoms with van der Waals surface area (Å²) in [7, 11) is 1.48. The number of nitrogens with one attached hydrogen (secondary N) is 1. The summed E-state index contributed by atoms with van der Waals surface area (Å²) >= 11 is 6.11. The summed E-state index contributed by atoms with van der Waals surface area (Å²) in [6, 6.07) is 16.7. The number of aromatic nitrogens is 2. The molecule has 0 saturated heterocycles. The second-order valence-corrected chi connectivity index (χ2v) is 5.57. The molecule has 25 heavy (non-hydrogen) atoms. The van der Waals surface area contributed by atoms with Crippen molar-refractivity contribution in [3.8, 4) is 11.5 Å². The number of aryl methyl sites for hydroxylation is 1. The van der Waals surface area contributed by atoms with Gasteiger partial charge in [-0.3, -0.25) is 9.59 Å². The molecule has 0 atom stereocenters. The van der Waals surface area contributed by atoms with Crippen LogP contribution in [0.4, 0.5) is 5.69 Å². The largest absolute Gasteiger partial charge is 0.454 e. The van der Waals surface area contributed by atoms with Gasteiger partial charge in [0, 0.05) is 13.1 Å². The van der Waals surface area contributed by atoms with E-state index >= 15 is 0 Å². The third-order valence-electron chi connectivity index (χ3n) is 3.38. The van der Waals surface area contributed by atoms with Crippen LogP contribution >= 0.6 is 11.6 Å². The first kappa shape index (κ1) is 16.7. The molecule has 126 valence electrons. The lowest BCUT2D eigenvalue weighted by Crippen LogP contribution is -2.23. The van der Waals surface area contributed by atoms with Crippen molar-refractivity contribution in [3.63, 3.8) is 0 Å². The summed E-state index contributed by atoms with van der Waals surface area (Å²) < 4.78 is 6.90. The lowest BCUT2D eigenvalue weighted by Gasteiger charge is -2.13. The van der Waals surface area contributed by atoms with Gasteiger partial charge in [-0.05, 0) is 30.3 Å². The monoisotopic (exact) mass is 355 g/mol. The van der Waals surface area contributed by atoms with Crippen molar-refractivity contribution in [2.24, 2.45) is 7.05 Å². The fourth-order valence-corrected chi connectivity index (χ4v) is 2.29. The van der Waals surface area contributed by atoms with E-state index in [1.54, 1.807) is 48.5 Å². The second-order valence-electron chi connectivity index (χ2n) is 5.16. The van der Waals surface area contributed by atoms with Gasteiger partial charge in [0.15, 0.2) is 5.75 Å². The van der Waals surface area contributed by atoms with E-state index in [1.165, 1.54) is 19.2 Å². The van der Waals surface area contributed by atoms with Crippen LogP contribution in [-0.4, -0.2) is 15.7 Å². The molecular weight excluding hydrogens is 342 g/mol. The number of hydrogen-bond donors (Lipinski definition) is 1. The number of amides is 1. The Bertz CT molecular complexity index is 985. The van der Waals surface area contributed by atoms with Crippen LogP contribution in [0.2, 0.25) is 5.02 Å². The van der Waals surface area contributed by atoms with Crippen LogP contribution in [0.1, 0.15) is 10.5 Å². The van der Waals surface area contributed by atoms with Gasteiger partial charge in [-0.2, -0.15) is 5.10 Å². The molecule has 6 nitrogen and oxygen atoms in total. The molecular formula is C18H14ClN3O3. The summed E-state index contributed by atoms with van der Waals surface area (Å²) in [5.74, 6) is 0.464. The summed E-state index contributed by atoms with van der Waals surface area (Å²) in [6.45, 7) is 0. The summed E-state index contributed by atoms with van der Waals surface area (Å²) in [5, 5.41) is 7.12. The molecule has 0 spiro atoms. The highest BCUT2D eigenvalue weighted by Gasteiger charge is 2.13. The van der Waals surface area contributed by atoms with Gasteiger partial charge in [0.05, 0.1) is 10.7 Å². The van der Waals surface area contributed by atoms with Crippen LogP contribution < -0.4 is 15.6 Å². The molecule has 7 heteroatoms. The fourth-order valence-electron chi connectivity index (χ4n) is 2.11. The average Bonchev–Trinajstić information content (AvgIpc) is 2.61. The van der Waals surface area contributed by atoms with E-state index < -0.39 is 5.91 Å². The molecule has 0 bridgehead atoms. The Balaban J connectivity index is 1.85. The van der Waals surface area contributed by atoms with Crippen LogP contribution in [0, 0.1) is 0 Å². The zero-order chi connectivity index (χ0) is 17.8. The smallest absolute Gasteiger partial charge is 0.276 e. The normalized spacial score (nSPS) is 10.3. The van der Waals surface area contributed by atoms with Gasteiger partial charge >= 0.3 is 0 Å². The first-order valence-electron chi connectivity index (χ1n) is 7.42. The first-order chi connectivity index (χ1) is 12.0. The molecule has 0 aliphatic carbocycles. The summed E-state index contributed by atoms with van der Waals surface area (Å²) in [6.07, 6.45) is 0. The molecule has 0 unspecified atom stereocenters. The van der Waals surface area contributed by atoms with Crippen molar-refractivity contribution in [3.05, 3.63) is 81.7 Å². The number of halogens is 1. The maximum atomic E-state index is 12.4. The maximum Gasteiger partial charge on any atom is 0.276 e. The third-order valence-corrected chi connectivity index (χ3v) is 3.70. The number of hydrogen-bond acceptors (Lipinski definition) is 4. The predicted octanol–water partition coefficient (Wildman–Crippen LogP) is 3.48. The third kappa shape index (κ3) is 3.87. The number of carbonyl (C=O) groups is 1. The van der Waals surface area contributed by atoms with Crippen molar-refractivity contribution >= 4 is 23.2 Å².